The van der Waals surface area contributed by atoms with Crippen molar-refractivity contribution in [1.82, 2.24) is 20.3 Å². The number of benzene rings is 1. The molecule has 9 nitrogen and oxygen atoms in total. The number of fused-ring (bicyclic) bond motifs is 2. The van der Waals surface area contributed by atoms with Gasteiger partial charge < -0.3 is 15.0 Å². The Balaban J connectivity index is 1.20. The third-order valence-corrected chi connectivity index (χ3v) is 8.41. The van der Waals surface area contributed by atoms with Crippen molar-refractivity contribution in [2.24, 2.45) is 0 Å². The molecule has 1 fully saturated rings. The first-order chi connectivity index (χ1) is 18.0. The number of nitrogens with one attached hydrogen (secondary N) is 1. The number of carbonyl (C=O) groups is 1. The molecule has 0 bridgehead atoms. The van der Waals surface area contributed by atoms with E-state index < -0.39 is 9.84 Å². The normalized spacial score (nSPS) is 16.5. The molecule has 5 heterocycles. The predicted molar refractivity (Wildman–Crippen MR) is 139 cm³/mol. The van der Waals surface area contributed by atoms with E-state index in [4.69, 9.17) is 14.7 Å². The summed E-state index contributed by atoms with van der Waals surface area (Å²) in [5.41, 5.74) is 3.82. The SMILES string of the molecule is O=C(NCc1cc2nc(-c3cccc(N4CCC4)n3)ccc2cn1)c1ccc2c(c1)S(=O)(=O)CCOC2. The number of hydrogen-bond donors (Lipinski definition) is 1. The van der Waals surface area contributed by atoms with Crippen LogP contribution in [0.5, 0.6) is 0 Å². The molecule has 1 aromatic carbocycles. The van der Waals surface area contributed by atoms with Gasteiger partial charge in [0.15, 0.2) is 9.84 Å². The number of pyridine rings is 3. The fraction of sp³-hybridized carbons (Fsp3) is 0.259. The summed E-state index contributed by atoms with van der Waals surface area (Å²) in [5.74, 6) is 0.486. The first-order valence-corrected chi connectivity index (χ1v) is 13.8. The Labute approximate surface area is 214 Å². The molecule has 10 heteroatoms. The average Bonchev–Trinajstić information content (AvgIpc) is 3.03. The molecule has 0 unspecified atom stereocenters. The van der Waals surface area contributed by atoms with Crippen molar-refractivity contribution in [3.63, 3.8) is 0 Å². The maximum Gasteiger partial charge on any atom is 0.251 e. The number of sulfone groups is 1. The molecular weight excluding hydrogens is 490 g/mol. The first kappa shape index (κ1) is 23.5. The minimum absolute atomic E-state index is 0.0981. The maximum atomic E-state index is 12.8. The summed E-state index contributed by atoms with van der Waals surface area (Å²) in [6.07, 6.45) is 2.92. The Kier molecular flexibility index (Phi) is 6.05. The highest BCUT2D eigenvalue weighted by Gasteiger charge is 2.23. The number of anilines is 1. The van der Waals surface area contributed by atoms with Gasteiger partial charge in [-0.1, -0.05) is 12.1 Å². The zero-order valence-electron chi connectivity index (χ0n) is 20.1. The van der Waals surface area contributed by atoms with Gasteiger partial charge in [0.25, 0.3) is 5.91 Å². The van der Waals surface area contributed by atoms with Crippen LogP contribution in [0.2, 0.25) is 0 Å². The number of ether oxygens (including phenoxy) is 1. The van der Waals surface area contributed by atoms with Crippen molar-refractivity contribution in [1.29, 1.82) is 0 Å². The predicted octanol–water partition coefficient (Wildman–Crippen LogP) is 3.14. The topological polar surface area (TPSA) is 114 Å². The van der Waals surface area contributed by atoms with E-state index in [2.05, 4.69) is 15.2 Å². The van der Waals surface area contributed by atoms with Gasteiger partial charge in [0.2, 0.25) is 0 Å². The number of nitrogens with zero attached hydrogens (tertiary/aromatic N) is 4. The van der Waals surface area contributed by atoms with E-state index in [-0.39, 0.29) is 41.9 Å². The quantitative estimate of drug-likeness (QED) is 0.431. The van der Waals surface area contributed by atoms with Gasteiger partial charge in [-0.3, -0.25) is 9.78 Å². The molecule has 1 amide bonds. The standard InChI is InChI=1S/C27H25N5O4S/c33-27(18-5-6-20-17-36-11-12-37(34,35)25(20)13-18)29-16-21-14-24-19(15-28-21)7-8-23(30-24)22-3-1-4-26(31-22)32-9-2-10-32/h1,3-8,13-15H,2,9-12,16-17H2,(H,29,33). The number of amides is 1. The van der Waals surface area contributed by atoms with E-state index in [9.17, 15) is 13.2 Å². The van der Waals surface area contributed by atoms with Crippen LogP contribution in [0.4, 0.5) is 5.82 Å². The molecule has 0 radical (unpaired) electrons. The molecule has 0 saturated carbocycles. The summed E-state index contributed by atoms with van der Waals surface area (Å²) >= 11 is 0. The summed E-state index contributed by atoms with van der Waals surface area (Å²) in [4.78, 5) is 29.2. The van der Waals surface area contributed by atoms with Crippen LogP contribution < -0.4 is 10.2 Å². The average molecular weight is 516 g/mol. The molecule has 0 spiro atoms. The lowest BCUT2D eigenvalue weighted by Crippen LogP contribution is -2.37. The lowest BCUT2D eigenvalue weighted by molar-refractivity contribution is 0.0950. The molecule has 188 valence electrons. The number of hydrogen-bond acceptors (Lipinski definition) is 8. The third-order valence-electron chi connectivity index (χ3n) is 6.66. The smallest absolute Gasteiger partial charge is 0.251 e. The summed E-state index contributed by atoms with van der Waals surface area (Å²) in [5, 5.41) is 3.72. The Bertz CT molecular complexity index is 1620. The molecular formula is C27H25N5O4S. The van der Waals surface area contributed by atoms with E-state index in [1.54, 1.807) is 18.3 Å². The second-order valence-corrected chi connectivity index (χ2v) is 11.2. The highest BCUT2D eigenvalue weighted by molar-refractivity contribution is 7.91. The van der Waals surface area contributed by atoms with Gasteiger partial charge in [-0.25, -0.2) is 18.4 Å². The minimum Gasteiger partial charge on any atom is -0.376 e. The van der Waals surface area contributed by atoms with E-state index in [0.717, 1.165) is 41.2 Å². The van der Waals surface area contributed by atoms with Gasteiger partial charge in [0.05, 0.1) is 53.0 Å². The molecule has 3 aromatic heterocycles. The lowest BCUT2D eigenvalue weighted by Gasteiger charge is -2.32. The van der Waals surface area contributed by atoms with Crippen LogP contribution >= 0.6 is 0 Å². The Hall–Kier alpha value is -3.89. The largest absolute Gasteiger partial charge is 0.376 e. The highest BCUT2D eigenvalue weighted by Crippen LogP contribution is 2.25. The van der Waals surface area contributed by atoms with Crippen molar-refractivity contribution in [3.8, 4) is 11.4 Å². The Morgan fingerprint density at radius 2 is 1.89 bits per heavy atom. The molecule has 1 saturated heterocycles. The van der Waals surface area contributed by atoms with Crippen LogP contribution in [0.1, 0.15) is 28.0 Å². The van der Waals surface area contributed by atoms with Crippen LogP contribution in [0.3, 0.4) is 0 Å². The second-order valence-electron chi connectivity index (χ2n) is 9.16. The number of rotatable bonds is 5. The van der Waals surface area contributed by atoms with Gasteiger partial charge in [0, 0.05) is 30.2 Å². The zero-order valence-corrected chi connectivity index (χ0v) is 20.9. The zero-order chi connectivity index (χ0) is 25.4. The maximum absolute atomic E-state index is 12.8. The monoisotopic (exact) mass is 515 g/mol. The Morgan fingerprint density at radius 1 is 1.03 bits per heavy atom. The molecule has 2 aliphatic rings. The Morgan fingerprint density at radius 3 is 2.73 bits per heavy atom. The molecule has 4 aromatic rings. The van der Waals surface area contributed by atoms with Gasteiger partial charge in [-0.15, -0.1) is 0 Å². The molecule has 0 atom stereocenters. The molecule has 37 heavy (non-hydrogen) atoms. The molecule has 6 rings (SSSR count). The number of aromatic nitrogens is 3. The summed E-state index contributed by atoms with van der Waals surface area (Å²) in [6.45, 7) is 2.58. The van der Waals surface area contributed by atoms with E-state index in [1.165, 1.54) is 12.5 Å². The van der Waals surface area contributed by atoms with Gasteiger partial charge in [-0.05, 0) is 54.4 Å². The summed E-state index contributed by atoms with van der Waals surface area (Å²) in [7, 11) is -3.49. The van der Waals surface area contributed by atoms with Crippen molar-refractivity contribution in [2.75, 3.05) is 30.3 Å². The summed E-state index contributed by atoms with van der Waals surface area (Å²) < 4.78 is 30.4. The van der Waals surface area contributed by atoms with E-state index >= 15 is 0 Å². The van der Waals surface area contributed by atoms with E-state index in [0.29, 0.717) is 11.3 Å². The molecule has 2 aliphatic heterocycles. The van der Waals surface area contributed by atoms with Crippen molar-refractivity contribution in [3.05, 3.63) is 77.6 Å². The third kappa shape index (κ3) is 4.77. The molecule has 0 aliphatic carbocycles. The van der Waals surface area contributed by atoms with Crippen molar-refractivity contribution in [2.45, 2.75) is 24.5 Å². The van der Waals surface area contributed by atoms with Crippen LogP contribution in [0.25, 0.3) is 22.3 Å². The van der Waals surface area contributed by atoms with Gasteiger partial charge in [0.1, 0.15) is 5.82 Å². The van der Waals surface area contributed by atoms with Crippen molar-refractivity contribution < 1.29 is 17.9 Å². The van der Waals surface area contributed by atoms with Crippen LogP contribution in [-0.4, -0.2) is 54.7 Å². The highest BCUT2D eigenvalue weighted by atomic mass is 32.2. The van der Waals surface area contributed by atoms with E-state index in [1.807, 2.05) is 36.4 Å². The minimum atomic E-state index is -3.49. The fourth-order valence-electron chi connectivity index (χ4n) is 4.42. The summed E-state index contributed by atoms with van der Waals surface area (Å²) in [6, 6.07) is 16.4. The van der Waals surface area contributed by atoms with Gasteiger partial charge in [-0.2, -0.15) is 0 Å². The lowest BCUT2D eigenvalue weighted by atomic mass is 10.1. The van der Waals surface area contributed by atoms with Gasteiger partial charge >= 0.3 is 0 Å². The first-order valence-electron chi connectivity index (χ1n) is 12.2. The van der Waals surface area contributed by atoms with Crippen LogP contribution in [0, 0.1) is 0 Å². The fourth-order valence-corrected chi connectivity index (χ4v) is 5.81. The van der Waals surface area contributed by atoms with Crippen LogP contribution in [0.15, 0.2) is 65.7 Å². The number of carbonyl (C=O) groups excluding carboxylic acids is 1. The van der Waals surface area contributed by atoms with Crippen molar-refractivity contribution >= 4 is 32.5 Å². The van der Waals surface area contributed by atoms with Crippen LogP contribution in [-0.2, 0) is 27.7 Å². The second kappa shape index (κ2) is 9.53. The molecule has 1 N–H and O–H groups in total.